The standard InChI is InChI=1S/C10H19N5O2/c1-2-17-9(16)10(3-5-12-6-4-10)13-7-8-14-15-11/h12-13H,2-8H2,1H3. The number of ether oxygens (including phenoxy) is 1. The van der Waals surface area contributed by atoms with Crippen molar-refractivity contribution in [1.82, 2.24) is 10.6 Å². The number of esters is 1. The molecule has 1 heterocycles. The van der Waals surface area contributed by atoms with Crippen LogP contribution in [0.4, 0.5) is 0 Å². The molecule has 1 aliphatic rings. The number of carbonyl (C=O) groups is 1. The Hall–Kier alpha value is -1.30. The smallest absolute Gasteiger partial charge is 0.326 e. The topological polar surface area (TPSA) is 99.1 Å². The van der Waals surface area contributed by atoms with E-state index >= 15 is 0 Å². The highest BCUT2D eigenvalue weighted by Gasteiger charge is 2.40. The Morgan fingerprint density at radius 2 is 2.29 bits per heavy atom. The van der Waals surface area contributed by atoms with Crippen molar-refractivity contribution in [3.05, 3.63) is 10.4 Å². The zero-order chi connectivity index (χ0) is 12.6. The van der Waals surface area contributed by atoms with Gasteiger partial charge >= 0.3 is 5.97 Å². The van der Waals surface area contributed by atoms with Gasteiger partial charge in [-0.3, -0.25) is 4.79 Å². The van der Waals surface area contributed by atoms with Crippen molar-refractivity contribution in [2.24, 2.45) is 5.11 Å². The van der Waals surface area contributed by atoms with Gasteiger partial charge in [-0.2, -0.15) is 0 Å². The molecule has 0 aliphatic carbocycles. The molecular formula is C10H19N5O2. The number of carbonyl (C=O) groups excluding carboxylic acids is 1. The van der Waals surface area contributed by atoms with Crippen molar-refractivity contribution < 1.29 is 9.53 Å². The molecule has 1 fully saturated rings. The molecule has 2 N–H and O–H groups in total. The molecule has 0 atom stereocenters. The number of nitrogens with one attached hydrogen (secondary N) is 2. The molecular weight excluding hydrogens is 222 g/mol. The van der Waals surface area contributed by atoms with E-state index in [1.54, 1.807) is 6.92 Å². The maximum Gasteiger partial charge on any atom is 0.326 e. The molecule has 0 radical (unpaired) electrons. The van der Waals surface area contributed by atoms with Crippen molar-refractivity contribution in [3.8, 4) is 0 Å². The zero-order valence-electron chi connectivity index (χ0n) is 10.1. The van der Waals surface area contributed by atoms with Crippen molar-refractivity contribution in [2.75, 3.05) is 32.8 Å². The lowest BCUT2D eigenvalue weighted by molar-refractivity contribution is -0.152. The lowest BCUT2D eigenvalue weighted by Gasteiger charge is -2.36. The first-order chi connectivity index (χ1) is 8.25. The van der Waals surface area contributed by atoms with Crippen molar-refractivity contribution in [1.29, 1.82) is 0 Å². The van der Waals surface area contributed by atoms with Crippen LogP contribution in [-0.2, 0) is 9.53 Å². The normalized spacial score (nSPS) is 18.2. The van der Waals surface area contributed by atoms with Crippen LogP contribution in [0, 0.1) is 0 Å². The van der Waals surface area contributed by atoms with E-state index in [9.17, 15) is 4.79 Å². The molecule has 0 aromatic heterocycles. The summed E-state index contributed by atoms with van der Waals surface area (Å²) in [6.45, 7) is 4.58. The van der Waals surface area contributed by atoms with Gasteiger partial charge in [0, 0.05) is 18.0 Å². The van der Waals surface area contributed by atoms with E-state index in [0.29, 0.717) is 32.5 Å². The maximum atomic E-state index is 12.0. The Labute approximate surface area is 101 Å². The van der Waals surface area contributed by atoms with Crippen LogP contribution in [0.25, 0.3) is 10.4 Å². The Morgan fingerprint density at radius 3 is 2.88 bits per heavy atom. The summed E-state index contributed by atoms with van der Waals surface area (Å²) >= 11 is 0. The molecule has 0 amide bonds. The third kappa shape index (κ3) is 3.89. The van der Waals surface area contributed by atoms with Gasteiger partial charge in [-0.25, -0.2) is 0 Å². The van der Waals surface area contributed by atoms with Crippen LogP contribution in [0.5, 0.6) is 0 Å². The second-order valence-electron chi connectivity index (χ2n) is 3.93. The monoisotopic (exact) mass is 241 g/mol. The quantitative estimate of drug-likeness (QED) is 0.233. The fourth-order valence-corrected chi connectivity index (χ4v) is 1.97. The van der Waals surface area contributed by atoms with E-state index < -0.39 is 5.54 Å². The van der Waals surface area contributed by atoms with Gasteiger partial charge in [0.1, 0.15) is 5.54 Å². The molecule has 0 bridgehead atoms. The summed E-state index contributed by atoms with van der Waals surface area (Å²) in [5, 5.41) is 9.83. The average molecular weight is 241 g/mol. The van der Waals surface area contributed by atoms with E-state index in [-0.39, 0.29) is 5.97 Å². The molecule has 0 spiro atoms. The first kappa shape index (κ1) is 13.8. The van der Waals surface area contributed by atoms with Crippen LogP contribution in [0.3, 0.4) is 0 Å². The summed E-state index contributed by atoms with van der Waals surface area (Å²) in [6.07, 6.45) is 1.39. The third-order valence-corrected chi connectivity index (χ3v) is 2.86. The number of hydrogen-bond donors (Lipinski definition) is 2. The van der Waals surface area contributed by atoms with Gasteiger partial charge in [0.05, 0.1) is 6.61 Å². The predicted molar refractivity (Wildman–Crippen MR) is 63.5 cm³/mol. The molecule has 7 nitrogen and oxygen atoms in total. The lowest BCUT2D eigenvalue weighted by Crippen LogP contribution is -2.58. The third-order valence-electron chi connectivity index (χ3n) is 2.86. The van der Waals surface area contributed by atoms with Gasteiger partial charge in [0.25, 0.3) is 0 Å². The Morgan fingerprint density at radius 1 is 1.59 bits per heavy atom. The van der Waals surface area contributed by atoms with Gasteiger partial charge in [-0.15, -0.1) is 0 Å². The summed E-state index contributed by atoms with van der Waals surface area (Å²) in [4.78, 5) is 14.6. The van der Waals surface area contributed by atoms with E-state index in [2.05, 4.69) is 20.7 Å². The fourth-order valence-electron chi connectivity index (χ4n) is 1.97. The number of rotatable bonds is 6. The summed E-state index contributed by atoms with van der Waals surface area (Å²) in [6, 6.07) is 0. The van der Waals surface area contributed by atoms with E-state index in [1.807, 2.05) is 0 Å². The minimum Gasteiger partial charge on any atom is -0.465 e. The maximum absolute atomic E-state index is 12.0. The van der Waals surface area contributed by atoms with Crippen LogP contribution in [0.2, 0.25) is 0 Å². The van der Waals surface area contributed by atoms with Crippen molar-refractivity contribution in [3.63, 3.8) is 0 Å². The number of nitrogens with zero attached hydrogens (tertiary/aromatic N) is 3. The highest BCUT2D eigenvalue weighted by Crippen LogP contribution is 2.20. The molecule has 96 valence electrons. The van der Waals surface area contributed by atoms with Gasteiger partial charge in [-0.05, 0) is 38.4 Å². The predicted octanol–water partition coefficient (Wildman–Crippen LogP) is 0.572. The highest BCUT2D eigenvalue weighted by atomic mass is 16.5. The first-order valence-electron chi connectivity index (χ1n) is 5.89. The Bertz CT molecular complexity index is 295. The SMILES string of the molecule is CCOC(=O)C1(NCCN=[N+]=[N-])CCNCC1. The number of piperidine rings is 1. The van der Waals surface area contributed by atoms with E-state index in [0.717, 1.165) is 13.1 Å². The van der Waals surface area contributed by atoms with Crippen molar-refractivity contribution in [2.45, 2.75) is 25.3 Å². The summed E-state index contributed by atoms with van der Waals surface area (Å²) < 4.78 is 5.11. The minimum absolute atomic E-state index is 0.206. The zero-order valence-corrected chi connectivity index (χ0v) is 10.1. The molecule has 1 saturated heterocycles. The molecule has 0 aromatic carbocycles. The van der Waals surface area contributed by atoms with Crippen LogP contribution >= 0.6 is 0 Å². The van der Waals surface area contributed by atoms with Gasteiger partial charge in [-0.1, -0.05) is 5.11 Å². The summed E-state index contributed by atoms with van der Waals surface area (Å²) in [5.74, 6) is -0.206. The molecule has 0 aromatic rings. The summed E-state index contributed by atoms with van der Waals surface area (Å²) in [7, 11) is 0. The molecule has 0 unspecified atom stereocenters. The van der Waals surface area contributed by atoms with Crippen LogP contribution in [0.1, 0.15) is 19.8 Å². The number of hydrogen-bond acceptors (Lipinski definition) is 5. The first-order valence-corrected chi connectivity index (χ1v) is 5.89. The molecule has 0 saturated carbocycles. The van der Waals surface area contributed by atoms with Crippen molar-refractivity contribution >= 4 is 5.97 Å². The van der Waals surface area contributed by atoms with Crippen LogP contribution < -0.4 is 10.6 Å². The molecule has 17 heavy (non-hydrogen) atoms. The minimum atomic E-state index is -0.619. The molecule has 7 heteroatoms. The van der Waals surface area contributed by atoms with E-state index in [1.165, 1.54) is 0 Å². The van der Waals surface area contributed by atoms with Crippen LogP contribution in [0.15, 0.2) is 5.11 Å². The largest absolute Gasteiger partial charge is 0.465 e. The van der Waals surface area contributed by atoms with E-state index in [4.69, 9.17) is 10.3 Å². The van der Waals surface area contributed by atoms with Crippen LogP contribution in [-0.4, -0.2) is 44.3 Å². The lowest BCUT2D eigenvalue weighted by atomic mass is 9.88. The fraction of sp³-hybridized carbons (Fsp3) is 0.900. The Kier molecular flexibility index (Phi) is 5.76. The summed E-state index contributed by atoms with van der Waals surface area (Å²) in [5.41, 5.74) is 7.57. The second kappa shape index (κ2) is 7.11. The Balaban J connectivity index is 2.57. The molecule has 1 rings (SSSR count). The van der Waals surface area contributed by atoms with Gasteiger partial charge in [0.15, 0.2) is 0 Å². The van der Waals surface area contributed by atoms with Gasteiger partial charge < -0.3 is 15.4 Å². The molecule has 1 aliphatic heterocycles. The second-order valence-corrected chi connectivity index (χ2v) is 3.93. The average Bonchev–Trinajstić information content (AvgIpc) is 2.36. The number of azide groups is 1. The highest BCUT2D eigenvalue weighted by molar-refractivity contribution is 5.81. The van der Waals surface area contributed by atoms with Gasteiger partial charge in [0.2, 0.25) is 0 Å².